The molecular weight excluding hydrogens is 468 g/mol. The molecule has 0 aromatic carbocycles. The second-order valence-electron chi connectivity index (χ2n) is 10.5. The Kier molecular flexibility index (Phi) is 7.48. The number of amides is 2. The molecule has 0 bridgehead atoms. The monoisotopic (exact) mass is 506 g/mol. The van der Waals surface area contributed by atoms with Crippen molar-refractivity contribution in [2.24, 2.45) is 5.92 Å². The van der Waals surface area contributed by atoms with Crippen molar-refractivity contribution in [3.8, 4) is 0 Å². The van der Waals surface area contributed by atoms with Crippen LogP contribution in [0.5, 0.6) is 0 Å². The predicted octanol–water partition coefficient (Wildman–Crippen LogP) is 4.18. The molecule has 198 valence electrons. The van der Waals surface area contributed by atoms with Crippen molar-refractivity contribution in [3.05, 3.63) is 67.6 Å². The normalized spacial score (nSPS) is 17.7. The van der Waals surface area contributed by atoms with Crippen molar-refractivity contribution in [2.45, 2.75) is 86.5 Å². The Morgan fingerprint density at radius 3 is 2.05 bits per heavy atom. The summed E-state index contributed by atoms with van der Waals surface area (Å²) < 4.78 is 0. The highest BCUT2D eigenvalue weighted by molar-refractivity contribution is 5.86. The highest BCUT2D eigenvalue weighted by Gasteiger charge is 2.29. The average molecular weight is 507 g/mol. The van der Waals surface area contributed by atoms with Crippen LogP contribution in [0.1, 0.15) is 85.1 Å². The van der Waals surface area contributed by atoms with Gasteiger partial charge in [-0.25, -0.2) is 0 Å². The standard InChI is InChI=1S/C29H38N4O4/c1-7-19-18(6)29(37)33-25(19)13-24-17(5)20(8-9-28(35)36)26(31-24)12-23-16(4)15(3)22(30-23)11-21-14(2)10-27(34)32-21/h18,30-31H,7-13H2,1-6H3,(H,32,34)(H,33,37)(H,35,36). The largest absolute Gasteiger partial charge is 0.481 e. The van der Waals surface area contributed by atoms with Gasteiger partial charge < -0.3 is 25.7 Å². The van der Waals surface area contributed by atoms with Crippen molar-refractivity contribution in [3.63, 3.8) is 0 Å². The number of H-pyrrole nitrogens is 2. The first-order valence-corrected chi connectivity index (χ1v) is 13.1. The number of nitrogens with one attached hydrogen (secondary N) is 4. The van der Waals surface area contributed by atoms with E-state index in [2.05, 4.69) is 41.4 Å². The van der Waals surface area contributed by atoms with Crippen LogP contribution in [0.2, 0.25) is 0 Å². The van der Waals surface area contributed by atoms with Gasteiger partial charge in [0, 0.05) is 66.3 Å². The van der Waals surface area contributed by atoms with Gasteiger partial charge in [0.25, 0.3) is 0 Å². The summed E-state index contributed by atoms with van der Waals surface area (Å²) in [5, 5.41) is 15.4. The number of carbonyl (C=O) groups excluding carboxylic acids is 2. The molecule has 4 heterocycles. The van der Waals surface area contributed by atoms with Crippen LogP contribution in [0.15, 0.2) is 22.5 Å². The maximum absolute atomic E-state index is 12.3. The van der Waals surface area contributed by atoms with E-state index in [1.165, 1.54) is 11.1 Å². The molecule has 0 spiro atoms. The Bertz CT molecular complexity index is 1340. The number of hydrogen-bond acceptors (Lipinski definition) is 3. The third-order valence-corrected chi connectivity index (χ3v) is 8.18. The van der Waals surface area contributed by atoms with Crippen LogP contribution in [0, 0.1) is 26.7 Å². The van der Waals surface area contributed by atoms with Crippen LogP contribution in [0.4, 0.5) is 0 Å². The third kappa shape index (κ3) is 5.29. The molecular formula is C29H38N4O4. The summed E-state index contributed by atoms with van der Waals surface area (Å²) in [5.74, 6) is -0.860. The highest BCUT2D eigenvalue weighted by Crippen LogP contribution is 2.31. The smallest absolute Gasteiger partial charge is 0.303 e. The number of aromatic amines is 2. The summed E-state index contributed by atoms with van der Waals surface area (Å²) >= 11 is 0. The van der Waals surface area contributed by atoms with Crippen LogP contribution >= 0.6 is 0 Å². The van der Waals surface area contributed by atoms with Gasteiger partial charge in [0.2, 0.25) is 11.8 Å². The lowest BCUT2D eigenvalue weighted by Gasteiger charge is -2.07. The van der Waals surface area contributed by atoms with Crippen molar-refractivity contribution >= 4 is 17.8 Å². The van der Waals surface area contributed by atoms with Gasteiger partial charge in [0.05, 0.1) is 5.92 Å². The predicted molar refractivity (Wildman–Crippen MR) is 142 cm³/mol. The molecule has 0 fully saturated rings. The van der Waals surface area contributed by atoms with E-state index < -0.39 is 5.97 Å². The second kappa shape index (κ2) is 10.4. The minimum atomic E-state index is -0.822. The molecule has 5 N–H and O–H groups in total. The van der Waals surface area contributed by atoms with Gasteiger partial charge in [-0.2, -0.15) is 0 Å². The molecule has 8 heteroatoms. The van der Waals surface area contributed by atoms with Gasteiger partial charge in [-0.1, -0.05) is 6.92 Å². The van der Waals surface area contributed by atoms with Gasteiger partial charge in [0.1, 0.15) is 0 Å². The first-order valence-electron chi connectivity index (χ1n) is 13.1. The first-order chi connectivity index (χ1) is 17.5. The van der Waals surface area contributed by atoms with E-state index in [4.69, 9.17) is 0 Å². The topological polar surface area (TPSA) is 127 Å². The van der Waals surface area contributed by atoms with Crippen molar-refractivity contribution in [1.29, 1.82) is 0 Å². The molecule has 1 atom stereocenters. The third-order valence-electron chi connectivity index (χ3n) is 8.18. The summed E-state index contributed by atoms with van der Waals surface area (Å²) in [6.45, 7) is 12.2. The molecule has 2 aromatic heterocycles. The fraction of sp³-hybridized carbons (Fsp3) is 0.483. The van der Waals surface area contributed by atoms with Crippen molar-refractivity contribution in [2.75, 3.05) is 0 Å². The van der Waals surface area contributed by atoms with Crippen LogP contribution in [-0.4, -0.2) is 32.9 Å². The first kappa shape index (κ1) is 26.5. The molecule has 2 aliphatic heterocycles. The molecule has 0 aliphatic carbocycles. The number of hydrogen-bond donors (Lipinski definition) is 5. The van der Waals surface area contributed by atoms with Crippen LogP contribution in [-0.2, 0) is 40.1 Å². The van der Waals surface area contributed by atoms with Crippen molar-refractivity contribution in [1.82, 2.24) is 20.6 Å². The van der Waals surface area contributed by atoms with Crippen LogP contribution in [0.25, 0.3) is 0 Å². The number of carbonyl (C=O) groups is 3. The van der Waals surface area contributed by atoms with E-state index in [0.717, 1.165) is 62.9 Å². The zero-order valence-corrected chi connectivity index (χ0v) is 22.7. The zero-order valence-electron chi connectivity index (χ0n) is 22.7. The van der Waals surface area contributed by atoms with E-state index in [0.29, 0.717) is 32.1 Å². The van der Waals surface area contributed by atoms with Gasteiger partial charge in [-0.3, -0.25) is 14.4 Å². The lowest BCUT2D eigenvalue weighted by Crippen LogP contribution is -2.20. The Morgan fingerprint density at radius 2 is 1.46 bits per heavy atom. The number of carboxylic acid groups (broad SMARTS) is 1. The van der Waals surface area contributed by atoms with Gasteiger partial charge >= 0.3 is 5.97 Å². The Labute approximate surface area is 218 Å². The van der Waals surface area contributed by atoms with E-state index in [9.17, 15) is 19.5 Å². The second-order valence-corrected chi connectivity index (χ2v) is 10.5. The molecule has 2 amide bonds. The fourth-order valence-electron chi connectivity index (χ4n) is 5.66. The fourth-order valence-corrected chi connectivity index (χ4v) is 5.66. The highest BCUT2D eigenvalue weighted by atomic mass is 16.4. The quantitative estimate of drug-likeness (QED) is 0.331. The number of allylic oxidation sites excluding steroid dienone is 2. The van der Waals surface area contributed by atoms with Gasteiger partial charge in [0.15, 0.2) is 0 Å². The SMILES string of the molecule is CCC1=C(Cc2[nH]c(Cc3[nH]c(CC4=C(C)CC(=O)N4)c(C)c3C)c(CCC(=O)O)c2C)NC(=O)C1C. The Balaban J connectivity index is 1.65. The van der Waals surface area contributed by atoms with E-state index in [1.807, 2.05) is 20.8 Å². The van der Waals surface area contributed by atoms with E-state index in [-0.39, 0.29) is 24.2 Å². The number of aromatic nitrogens is 2. The summed E-state index contributed by atoms with van der Waals surface area (Å²) in [6, 6.07) is 0. The van der Waals surface area contributed by atoms with Gasteiger partial charge in [-0.05, 0) is 80.9 Å². The lowest BCUT2D eigenvalue weighted by molar-refractivity contribution is -0.137. The minimum absolute atomic E-state index is 0.0382. The number of rotatable bonds is 10. The summed E-state index contributed by atoms with van der Waals surface area (Å²) in [5.41, 5.74) is 12.8. The molecule has 0 radical (unpaired) electrons. The summed E-state index contributed by atoms with van der Waals surface area (Å²) in [7, 11) is 0. The molecule has 0 saturated carbocycles. The molecule has 2 aliphatic rings. The number of aliphatic carboxylic acids is 1. The number of carboxylic acids is 1. The van der Waals surface area contributed by atoms with E-state index in [1.54, 1.807) is 0 Å². The molecule has 4 rings (SSSR count). The molecule has 0 saturated heterocycles. The molecule has 37 heavy (non-hydrogen) atoms. The summed E-state index contributed by atoms with van der Waals surface area (Å²) in [6.07, 6.45) is 3.63. The van der Waals surface area contributed by atoms with Gasteiger partial charge in [-0.15, -0.1) is 0 Å². The molecule has 8 nitrogen and oxygen atoms in total. The maximum atomic E-state index is 12.3. The Morgan fingerprint density at radius 1 is 0.865 bits per heavy atom. The lowest BCUT2D eigenvalue weighted by atomic mass is 9.97. The molecule has 2 aromatic rings. The van der Waals surface area contributed by atoms with Crippen LogP contribution in [0.3, 0.4) is 0 Å². The van der Waals surface area contributed by atoms with Crippen molar-refractivity contribution < 1.29 is 19.5 Å². The zero-order chi connectivity index (χ0) is 27.0. The van der Waals surface area contributed by atoms with Crippen LogP contribution < -0.4 is 10.6 Å². The Hall–Kier alpha value is -3.55. The average Bonchev–Trinajstić information content (AvgIpc) is 3.48. The maximum Gasteiger partial charge on any atom is 0.303 e. The minimum Gasteiger partial charge on any atom is -0.481 e. The van der Waals surface area contributed by atoms with E-state index >= 15 is 0 Å². The summed E-state index contributed by atoms with van der Waals surface area (Å²) in [4.78, 5) is 42.7. The molecule has 1 unspecified atom stereocenters.